The molecule has 0 aliphatic heterocycles. The molecule has 5 nitrogen and oxygen atoms in total. The Morgan fingerprint density at radius 2 is 1.59 bits per heavy atom. The fraction of sp³-hybridized carbons (Fsp3) is 0.188. The van der Waals surface area contributed by atoms with Crippen LogP contribution in [0.5, 0.6) is 0 Å². The first-order valence-corrected chi connectivity index (χ1v) is 8.38. The van der Waals surface area contributed by atoms with Crippen LogP contribution in [0.2, 0.25) is 0 Å². The van der Waals surface area contributed by atoms with Crippen molar-refractivity contribution in [2.75, 3.05) is 11.3 Å². The molecule has 0 spiro atoms. The predicted molar refractivity (Wildman–Crippen MR) is 86.4 cm³/mol. The fourth-order valence-electron chi connectivity index (χ4n) is 1.88. The second kappa shape index (κ2) is 6.62. The Labute approximate surface area is 130 Å². The van der Waals surface area contributed by atoms with Crippen LogP contribution in [0.4, 0.5) is 5.69 Å². The number of nitrogens with one attached hydrogen (secondary N) is 2. The maximum atomic E-state index is 12.3. The van der Waals surface area contributed by atoms with E-state index in [0.29, 0.717) is 17.8 Å². The van der Waals surface area contributed by atoms with Crippen molar-refractivity contribution in [3.05, 3.63) is 59.7 Å². The van der Waals surface area contributed by atoms with Gasteiger partial charge in [-0.25, -0.2) is 8.42 Å². The van der Waals surface area contributed by atoms with Crippen molar-refractivity contribution in [2.45, 2.75) is 18.7 Å². The summed E-state index contributed by atoms with van der Waals surface area (Å²) in [5.74, 6) is -0.224. The molecule has 2 N–H and O–H groups in total. The van der Waals surface area contributed by atoms with Crippen molar-refractivity contribution in [3.8, 4) is 0 Å². The third-order valence-corrected chi connectivity index (χ3v) is 4.47. The third-order valence-electron chi connectivity index (χ3n) is 3.07. The Balaban J connectivity index is 2.19. The summed E-state index contributed by atoms with van der Waals surface area (Å²) < 4.78 is 27.1. The number of hydrogen-bond donors (Lipinski definition) is 2. The number of anilines is 1. The average molecular weight is 318 g/mol. The van der Waals surface area contributed by atoms with Gasteiger partial charge in [0.25, 0.3) is 15.9 Å². The molecule has 0 fully saturated rings. The number of rotatable bonds is 5. The van der Waals surface area contributed by atoms with Crippen LogP contribution in [0.15, 0.2) is 53.4 Å². The Bertz CT molecular complexity index is 751. The average Bonchev–Trinajstić information content (AvgIpc) is 2.50. The van der Waals surface area contributed by atoms with Crippen molar-refractivity contribution in [1.82, 2.24) is 5.32 Å². The standard InChI is InChI=1S/C16H18N2O3S/c1-3-17-16(19)13-6-10-15(11-7-13)22(20,21)18-14-8-4-12(2)5-9-14/h4-11,18H,3H2,1-2H3,(H,17,19). The van der Waals surface area contributed by atoms with E-state index in [1.807, 2.05) is 26.0 Å². The van der Waals surface area contributed by atoms with E-state index in [1.165, 1.54) is 24.3 Å². The third kappa shape index (κ3) is 3.85. The van der Waals surface area contributed by atoms with E-state index in [9.17, 15) is 13.2 Å². The topological polar surface area (TPSA) is 75.3 Å². The molecular weight excluding hydrogens is 300 g/mol. The zero-order chi connectivity index (χ0) is 16.2. The van der Waals surface area contributed by atoms with E-state index < -0.39 is 10.0 Å². The van der Waals surface area contributed by atoms with Gasteiger partial charge >= 0.3 is 0 Å². The van der Waals surface area contributed by atoms with Gasteiger partial charge in [-0.2, -0.15) is 0 Å². The number of amides is 1. The molecule has 0 aliphatic carbocycles. The molecule has 0 atom stereocenters. The Morgan fingerprint density at radius 1 is 1.00 bits per heavy atom. The van der Waals surface area contributed by atoms with E-state index in [-0.39, 0.29) is 10.8 Å². The molecule has 0 bridgehead atoms. The smallest absolute Gasteiger partial charge is 0.261 e. The normalized spacial score (nSPS) is 11.0. The van der Waals surface area contributed by atoms with Crippen LogP contribution in [0.1, 0.15) is 22.8 Å². The summed E-state index contributed by atoms with van der Waals surface area (Å²) in [6.07, 6.45) is 0. The van der Waals surface area contributed by atoms with Gasteiger partial charge in [0.05, 0.1) is 4.90 Å². The van der Waals surface area contributed by atoms with Crippen LogP contribution in [-0.4, -0.2) is 20.9 Å². The lowest BCUT2D eigenvalue weighted by Gasteiger charge is -2.09. The van der Waals surface area contributed by atoms with Gasteiger partial charge in [-0.05, 0) is 50.2 Å². The number of hydrogen-bond acceptors (Lipinski definition) is 3. The summed E-state index contributed by atoms with van der Waals surface area (Å²) in [5, 5.41) is 2.66. The molecular formula is C16H18N2O3S. The van der Waals surface area contributed by atoms with Crippen LogP contribution in [0.25, 0.3) is 0 Å². The maximum Gasteiger partial charge on any atom is 0.261 e. The highest BCUT2D eigenvalue weighted by Crippen LogP contribution is 2.17. The molecule has 0 radical (unpaired) electrons. The lowest BCUT2D eigenvalue weighted by atomic mass is 10.2. The minimum absolute atomic E-state index is 0.112. The number of sulfonamides is 1. The molecule has 0 unspecified atom stereocenters. The van der Waals surface area contributed by atoms with Crippen LogP contribution >= 0.6 is 0 Å². The van der Waals surface area contributed by atoms with Gasteiger partial charge in [-0.1, -0.05) is 17.7 Å². The highest BCUT2D eigenvalue weighted by atomic mass is 32.2. The first-order valence-electron chi connectivity index (χ1n) is 6.90. The zero-order valence-electron chi connectivity index (χ0n) is 12.5. The van der Waals surface area contributed by atoms with Gasteiger partial charge in [-0.15, -0.1) is 0 Å². The van der Waals surface area contributed by atoms with E-state index in [1.54, 1.807) is 12.1 Å². The van der Waals surface area contributed by atoms with Crippen LogP contribution in [-0.2, 0) is 10.0 Å². The van der Waals surface area contributed by atoms with Crippen LogP contribution < -0.4 is 10.0 Å². The summed E-state index contributed by atoms with van der Waals surface area (Å²) in [6, 6.07) is 12.9. The fourth-order valence-corrected chi connectivity index (χ4v) is 2.94. The molecule has 0 saturated heterocycles. The van der Waals surface area contributed by atoms with Gasteiger partial charge < -0.3 is 5.32 Å². The molecule has 0 heterocycles. The summed E-state index contributed by atoms with van der Waals surface area (Å²) in [7, 11) is -3.66. The highest BCUT2D eigenvalue weighted by Gasteiger charge is 2.15. The number of aryl methyl sites for hydroxylation is 1. The number of carbonyl (C=O) groups is 1. The lowest BCUT2D eigenvalue weighted by molar-refractivity contribution is 0.0955. The highest BCUT2D eigenvalue weighted by molar-refractivity contribution is 7.92. The van der Waals surface area contributed by atoms with Crippen molar-refractivity contribution in [1.29, 1.82) is 0 Å². The van der Waals surface area contributed by atoms with Gasteiger partial charge in [0.1, 0.15) is 0 Å². The van der Waals surface area contributed by atoms with Crippen molar-refractivity contribution in [2.24, 2.45) is 0 Å². The first-order chi connectivity index (χ1) is 10.4. The Kier molecular flexibility index (Phi) is 4.82. The lowest BCUT2D eigenvalue weighted by Crippen LogP contribution is -2.22. The Morgan fingerprint density at radius 3 is 2.14 bits per heavy atom. The summed E-state index contributed by atoms with van der Waals surface area (Å²) >= 11 is 0. The molecule has 116 valence electrons. The van der Waals surface area contributed by atoms with Gasteiger partial charge in [0.15, 0.2) is 0 Å². The second-order valence-electron chi connectivity index (χ2n) is 4.86. The number of benzene rings is 2. The molecule has 22 heavy (non-hydrogen) atoms. The Hall–Kier alpha value is -2.34. The first kappa shape index (κ1) is 16.0. The maximum absolute atomic E-state index is 12.3. The molecule has 0 aliphatic rings. The molecule has 1 amide bonds. The minimum atomic E-state index is -3.66. The van der Waals surface area contributed by atoms with Crippen LogP contribution in [0.3, 0.4) is 0 Å². The van der Waals surface area contributed by atoms with E-state index in [4.69, 9.17) is 0 Å². The molecule has 2 rings (SSSR count). The van der Waals surface area contributed by atoms with E-state index in [0.717, 1.165) is 5.56 Å². The van der Waals surface area contributed by atoms with Crippen LogP contribution in [0, 0.1) is 6.92 Å². The molecule has 0 aromatic heterocycles. The summed E-state index contributed by atoms with van der Waals surface area (Å²) in [6.45, 7) is 4.27. The summed E-state index contributed by atoms with van der Waals surface area (Å²) in [4.78, 5) is 11.8. The van der Waals surface area contributed by atoms with Crippen molar-refractivity contribution < 1.29 is 13.2 Å². The van der Waals surface area contributed by atoms with Gasteiger partial charge in [0, 0.05) is 17.8 Å². The minimum Gasteiger partial charge on any atom is -0.352 e. The second-order valence-corrected chi connectivity index (χ2v) is 6.54. The molecule has 2 aromatic rings. The molecule has 2 aromatic carbocycles. The largest absolute Gasteiger partial charge is 0.352 e. The molecule has 6 heteroatoms. The quantitative estimate of drug-likeness (QED) is 0.889. The monoisotopic (exact) mass is 318 g/mol. The van der Waals surface area contributed by atoms with Gasteiger partial charge in [-0.3, -0.25) is 9.52 Å². The van der Waals surface area contributed by atoms with E-state index >= 15 is 0 Å². The zero-order valence-corrected chi connectivity index (χ0v) is 13.3. The van der Waals surface area contributed by atoms with Gasteiger partial charge in [0.2, 0.25) is 0 Å². The predicted octanol–water partition coefficient (Wildman–Crippen LogP) is 2.55. The SMILES string of the molecule is CCNC(=O)c1ccc(S(=O)(=O)Nc2ccc(C)cc2)cc1. The number of carbonyl (C=O) groups excluding carboxylic acids is 1. The summed E-state index contributed by atoms with van der Waals surface area (Å²) in [5.41, 5.74) is 1.98. The van der Waals surface area contributed by atoms with Crippen molar-refractivity contribution in [3.63, 3.8) is 0 Å². The molecule has 0 saturated carbocycles. The van der Waals surface area contributed by atoms with E-state index in [2.05, 4.69) is 10.0 Å². The van der Waals surface area contributed by atoms with Crippen molar-refractivity contribution >= 4 is 21.6 Å².